The van der Waals surface area contributed by atoms with Crippen molar-refractivity contribution in [3.8, 4) is 5.75 Å². The van der Waals surface area contributed by atoms with Gasteiger partial charge in [0.1, 0.15) is 5.75 Å². The zero-order valence-corrected chi connectivity index (χ0v) is 17.1. The summed E-state index contributed by atoms with van der Waals surface area (Å²) in [6.45, 7) is 6.77. The molecule has 144 valence electrons. The van der Waals surface area contributed by atoms with Gasteiger partial charge in [-0.1, -0.05) is 24.3 Å². The number of hydrogen-bond acceptors (Lipinski definition) is 4. The molecule has 0 saturated carbocycles. The van der Waals surface area contributed by atoms with E-state index >= 15 is 0 Å². The highest BCUT2D eigenvalue weighted by Gasteiger charge is 2.30. The highest BCUT2D eigenvalue weighted by molar-refractivity contribution is 7.21. The van der Waals surface area contributed by atoms with E-state index in [1.807, 2.05) is 56.3 Å². The van der Waals surface area contributed by atoms with Crippen molar-refractivity contribution in [2.75, 3.05) is 0 Å². The van der Waals surface area contributed by atoms with E-state index in [1.165, 1.54) is 25.2 Å². The molecule has 28 heavy (non-hydrogen) atoms. The second-order valence-corrected chi connectivity index (χ2v) is 8.33. The Morgan fingerprint density at radius 1 is 1.07 bits per heavy atom. The zero-order valence-electron chi connectivity index (χ0n) is 16.3. The van der Waals surface area contributed by atoms with Crippen LogP contribution >= 0.6 is 11.3 Å². The molecule has 1 heterocycles. The molecule has 0 radical (unpaired) electrons. The molecule has 0 unspecified atom stereocenters. The molecule has 1 N–H and O–H groups in total. The lowest BCUT2D eigenvalue weighted by Gasteiger charge is -2.24. The summed E-state index contributed by atoms with van der Waals surface area (Å²) in [6, 6.07) is 13.6. The number of hydrogen-bond donors (Lipinski definition) is 1. The van der Waals surface area contributed by atoms with E-state index in [4.69, 9.17) is 4.74 Å². The molecule has 0 aliphatic rings. The normalized spacial score (nSPS) is 11.9. The summed E-state index contributed by atoms with van der Waals surface area (Å²) >= 11 is 1.48. The Bertz CT molecular complexity index is 1030. The van der Waals surface area contributed by atoms with Gasteiger partial charge in [0.25, 0.3) is 0 Å². The first-order valence-electron chi connectivity index (χ1n) is 8.92. The molecule has 0 spiro atoms. The molecule has 4 nitrogen and oxygen atoms in total. The van der Waals surface area contributed by atoms with Crippen molar-refractivity contribution in [1.82, 2.24) is 0 Å². The predicted octanol–water partition coefficient (Wildman–Crippen LogP) is 5.66. The van der Waals surface area contributed by atoms with E-state index in [9.17, 15) is 14.7 Å². The minimum absolute atomic E-state index is 0.0381. The Hall–Kier alpha value is -2.92. The average molecular weight is 394 g/mol. The lowest BCUT2D eigenvalue weighted by Crippen LogP contribution is -2.38. The van der Waals surface area contributed by atoms with Gasteiger partial charge in [0, 0.05) is 4.70 Å². The van der Waals surface area contributed by atoms with E-state index in [0.717, 1.165) is 26.8 Å². The summed E-state index contributed by atoms with van der Waals surface area (Å²) in [7, 11) is 0. The molecule has 0 aliphatic heterocycles. The summed E-state index contributed by atoms with van der Waals surface area (Å²) in [5, 5.41) is 10.3. The number of allylic oxidation sites excluding steroid dienone is 1. The van der Waals surface area contributed by atoms with Crippen LogP contribution < -0.4 is 4.74 Å². The molecule has 1 aromatic heterocycles. The van der Waals surface area contributed by atoms with Gasteiger partial charge in [-0.15, -0.1) is 11.3 Å². The van der Waals surface area contributed by atoms with Gasteiger partial charge in [0.05, 0.1) is 4.88 Å². The van der Waals surface area contributed by atoms with Crippen LogP contribution in [0.5, 0.6) is 5.75 Å². The Labute approximate surface area is 168 Å². The number of rotatable bonds is 6. The van der Waals surface area contributed by atoms with Gasteiger partial charge in [0.2, 0.25) is 0 Å². The summed E-state index contributed by atoms with van der Waals surface area (Å²) < 4.78 is 6.81. The van der Waals surface area contributed by atoms with Gasteiger partial charge in [0.15, 0.2) is 11.4 Å². The maximum absolute atomic E-state index is 12.5. The second kappa shape index (κ2) is 7.60. The first-order valence-corrected chi connectivity index (χ1v) is 9.73. The van der Waals surface area contributed by atoms with Crippen LogP contribution in [0, 0.1) is 13.8 Å². The van der Waals surface area contributed by atoms with Crippen LogP contribution in [-0.2, 0) is 4.79 Å². The largest absolute Gasteiger partial charge is 0.478 e. The Morgan fingerprint density at radius 3 is 2.32 bits per heavy atom. The van der Waals surface area contributed by atoms with E-state index in [2.05, 4.69) is 0 Å². The van der Waals surface area contributed by atoms with Gasteiger partial charge in [-0.25, -0.2) is 4.79 Å². The molecule has 0 atom stereocenters. The third kappa shape index (κ3) is 4.15. The zero-order chi connectivity index (χ0) is 20.5. The molecule has 0 fully saturated rings. The van der Waals surface area contributed by atoms with Crippen molar-refractivity contribution in [3.63, 3.8) is 0 Å². The van der Waals surface area contributed by atoms with Crippen LogP contribution in [-0.4, -0.2) is 22.5 Å². The SMILES string of the molecule is Cc1cc(C=CC(=O)c2cc3ccccc3s2)cc(C)c1OC(C)(C)C(=O)O. The standard InChI is InChI=1S/C23H22O4S/c1-14-11-16(12-15(2)21(14)27-23(3,4)22(25)26)9-10-18(24)20-13-17-7-5-6-8-19(17)28-20/h5-13H,1-4H3,(H,25,26). The molecule has 3 rings (SSSR count). The third-order valence-corrected chi connectivity index (χ3v) is 5.58. The summed E-state index contributed by atoms with van der Waals surface area (Å²) in [5.41, 5.74) is 1.20. The minimum Gasteiger partial charge on any atom is -0.478 e. The average Bonchev–Trinajstić information content (AvgIpc) is 3.07. The predicted molar refractivity (Wildman–Crippen MR) is 113 cm³/mol. The number of fused-ring (bicyclic) bond motifs is 1. The molecule has 0 saturated heterocycles. The molecule has 0 bridgehead atoms. The van der Waals surface area contributed by atoms with Crippen LogP contribution in [0.15, 0.2) is 48.5 Å². The number of ketones is 1. The van der Waals surface area contributed by atoms with Crippen molar-refractivity contribution in [2.45, 2.75) is 33.3 Å². The van der Waals surface area contributed by atoms with E-state index in [0.29, 0.717) is 10.6 Å². The number of carboxylic acid groups (broad SMARTS) is 1. The molecule has 3 aromatic rings. The summed E-state index contributed by atoms with van der Waals surface area (Å²) in [6.07, 6.45) is 3.35. The number of carbonyl (C=O) groups excluding carboxylic acids is 1. The Kier molecular flexibility index (Phi) is 5.38. The first kappa shape index (κ1) is 19.8. The molecular formula is C23H22O4S. The Morgan fingerprint density at radius 2 is 1.71 bits per heavy atom. The van der Waals surface area contributed by atoms with Crippen LogP contribution in [0.4, 0.5) is 0 Å². The van der Waals surface area contributed by atoms with Gasteiger partial charge in [-0.3, -0.25) is 4.79 Å². The lowest BCUT2D eigenvalue weighted by atomic mass is 10.0. The number of benzene rings is 2. The molecule has 0 aliphatic carbocycles. The number of thiophene rings is 1. The molecule has 0 amide bonds. The van der Waals surface area contributed by atoms with Crippen molar-refractivity contribution < 1.29 is 19.4 Å². The lowest BCUT2D eigenvalue weighted by molar-refractivity contribution is -0.152. The fourth-order valence-electron chi connectivity index (χ4n) is 2.90. The van der Waals surface area contributed by atoms with E-state index < -0.39 is 11.6 Å². The van der Waals surface area contributed by atoms with Crippen LogP contribution in [0.2, 0.25) is 0 Å². The minimum atomic E-state index is -1.32. The number of carboxylic acids is 1. The summed E-state index contributed by atoms with van der Waals surface area (Å²) in [5.74, 6) is -0.506. The molecule has 5 heteroatoms. The van der Waals surface area contributed by atoms with E-state index in [-0.39, 0.29) is 5.78 Å². The highest BCUT2D eigenvalue weighted by Crippen LogP contribution is 2.30. The first-order chi connectivity index (χ1) is 13.2. The van der Waals surface area contributed by atoms with Gasteiger partial charge < -0.3 is 9.84 Å². The maximum atomic E-state index is 12.5. The van der Waals surface area contributed by atoms with Crippen molar-refractivity contribution in [3.05, 3.63) is 70.1 Å². The quantitative estimate of drug-likeness (QED) is 0.433. The third-order valence-electron chi connectivity index (χ3n) is 4.45. The van der Waals surface area contributed by atoms with Crippen molar-refractivity contribution >= 4 is 39.3 Å². The van der Waals surface area contributed by atoms with Crippen molar-refractivity contribution in [2.24, 2.45) is 0 Å². The van der Waals surface area contributed by atoms with Gasteiger partial charge in [-0.05, 0) is 80.1 Å². The number of ether oxygens (including phenoxy) is 1. The van der Waals surface area contributed by atoms with Gasteiger partial charge >= 0.3 is 5.97 Å². The maximum Gasteiger partial charge on any atom is 0.347 e. The number of aliphatic carboxylic acids is 1. The van der Waals surface area contributed by atoms with Gasteiger partial charge in [-0.2, -0.15) is 0 Å². The molecular weight excluding hydrogens is 372 g/mol. The summed E-state index contributed by atoms with van der Waals surface area (Å²) in [4.78, 5) is 24.5. The highest BCUT2D eigenvalue weighted by atomic mass is 32.1. The fourth-order valence-corrected chi connectivity index (χ4v) is 3.88. The molecule has 2 aromatic carbocycles. The number of carbonyl (C=O) groups is 2. The smallest absolute Gasteiger partial charge is 0.347 e. The van der Waals surface area contributed by atoms with Crippen LogP contribution in [0.3, 0.4) is 0 Å². The van der Waals surface area contributed by atoms with Crippen LogP contribution in [0.1, 0.15) is 40.2 Å². The van der Waals surface area contributed by atoms with Crippen molar-refractivity contribution in [1.29, 1.82) is 0 Å². The monoisotopic (exact) mass is 394 g/mol. The van der Waals surface area contributed by atoms with E-state index in [1.54, 1.807) is 12.2 Å². The van der Waals surface area contributed by atoms with Crippen LogP contribution in [0.25, 0.3) is 16.2 Å². The fraction of sp³-hybridized carbons (Fsp3) is 0.217. The Balaban J connectivity index is 1.82. The number of aryl methyl sites for hydroxylation is 2. The second-order valence-electron chi connectivity index (χ2n) is 7.25. The topological polar surface area (TPSA) is 63.6 Å².